The highest BCUT2D eigenvalue weighted by Gasteiger charge is 2.33. The molecule has 3 N–H and O–H groups in total. The van der Waals surface area contributed by atoms with Gasteiger partial charge in [0.1, 0.15) is 5.82 Å². The van der Waals surface area contributed by atoms with Crippen molar-refractivity contribution in [2.75, 3.05) is 6.54 Å². The molecule has 1 atom stereocenters. The Balaban J connectivity index is 1.49. The van der Waals surface area contributed by atoms with Gasteiger partial charge in [-0.1, -0.05) is 17.3 Å². The number of urea groups is 1. The number of aryl methyl sites for hydroxylation is 1. The number of benzene rings is 1. The first kappa shape index (κ1) is 17.0. The number of amides is 3. The average Bonchev–Trinajstić information content (AvgIpc) is 3.38. The summed E-state index contributed by atoms with van der Waals surface area (Å²) in [6.07, 6.45) is 1.74. The minimum Gasteiger partial charge on any atom is -0.361 e. The fourth-order valence-electron chi connectivity index (χ4n) is 3.42. The highest BCUT2D eigenvalue weighted by atomic mass is 16.5. The van der Waals surface area contributed by atoms with Crippen molar-refractivity contribution in [1.82, 2.24) is 29.9 Å². The second kappa shape index (κ2) is 6.71. The molecule has 1 aromatic carbocycles. The fraction of sp³-hybridized carbons (Fsp3) is 0.353. The van der Waals surface area contributed by atoms with E-state index in [1.54, 1.807) is 4.90 Å². The van der Waals surface area contributed by atoms with Crippen LogP contribution in [0.25, 0.3) is 11.0 Å². The largest absolute Gasteiger partial charge is 0.361 e. The summed E-state index contributed by atoms with van der Waals surface area (Å²) in [4.78, 5) is 34.0. The normalized spacial score (nSPS) is 16.8. The van der Waals surface area contributed by atoms with Gasteiger partial charge in [-0.25, -0.2) is 9.78 Å². The van der Waals surface area contributed by atoms with Gasteiger partial charge < -0.3 is 25.0 Å². The lowest BCUT2D eigenvalue weighted by Gasteiger charge is -2.24. The molecule has 0 spiro atoms. The molecule has 2 aromatic heterocycles. The van der Waals surface area contributed by atoms with Crippen molar-refractivity contribution in [2.24, 2.45) is 12.8 Å². The van der Waals surface area contributed by atoms with Crippen molar-refractivity contribution in [2.45, 2.75) is 25.4 Å². The molecule has 0 bridgehead atoms. The van der Waals surface area contributed by atoms with Gasteiger partial charge in [0.05, 0.1) is 23.6 Å². The van der Waals surface area contributed by atoms with E-state index >= 15 is 0 Å². The zero-order chi connectivity index (χ0) is 19.0. The van der Waals surface area contributed by atoms with Crippen LogP contribution in [0.15, 0.2) is 28.8 Å². The van der Waals surface area contributed by atoms with Crippen LogP contribution in [0.2, 0.25) is 0 Å². The summed E-state index contributed by atoms with van der Waals surface area (Å²) in [5.41, 5.74) is 7.01. The third kappa shape index (κ3) is 3.09. The summed E-state index contributed by atoms with van der Waals surface area (Å²) < 4.78 is 6.74. The Bertz CT molecular complexity index is 1010. The molecule has 10 nitrogen and oxygen atoms in total. The maximum Gasteiger partial charge on any atom is 0.318 e. The number of nitrogens with two attached hydrogens (primary N) is 1. The Morgan fingerprint density at radius 1 is 1.33 bits per heavy atom. The Kier molecular flexibility index (Phi) is 4.22. The average molecular weight is 369 g/mol. The smallest absolute Gasteiger partial charge is 0.318 e. The summed E-state index contributed by atoms with van der Waals surface area (Å²) in [5.74, 6) is -0.0328. The Labute approximate surface area is 154 Å². The highest BCUT2D eigenvalue weighted by Crippen LogP contribution is 2.32. The van der Waals surface area contributed by atoms with Gasteiger partial charge in [0.2, 0.25) is 0 Å². The number of para-hydroxylation sites is 2. The van der Waals surface area contributed by atoms with E-state index in [1.165, 1.54) is 0 Å². The molecule has 140 valence electrons. The van der Waals surface area contributed by atoms with Gasteiger partial charge in [-0.15, -0.1) is 0 Å². The number of carbonyl (C=O) groups is 2. The number of likely N-dealkylation sites (tertiary alicyclic amines) is 1. The Morgan fingerprint density at radius 2 is 2.15 bits per heavy atom. The minimum absolute atomic E-state index is 0.0430. The number of nitrogens with zero attached hydrogens (tertiary/aromatic N) is 5. The van der Waals surface area contributed by atoms with Crippen LogP contribution in [-0.4, -0.2) is 43.1 Å². The Morgan fingerprint density at radius 3 is 2.89 bits per heavy atom. The van der Waals surface area contributed by atoms with E-state index in [-0.39, 0.29) is 30.3 Å². The quantitative estimate of drug-likeness (QED) is 0.708. The SMILES string of the molecule is Cn1c([C@@H]2CCCN2C(=O)NCc2noc(C(N)=O)n2)nc2ccccc21. The monoisotopic (exact) mass is 369 g/mol. The molecule has 3 aromatic rings. The topological polar surface area (TPSA) is 132 Å². The number of aromatic nitrogens is 4. The third-order valence-electron chi connectivity index (χ3n) is 4.71. The van der Waals surface area contributed by atoms with Crippen LogP contribution in [-0.2, 0) is 13.6 Å². The number of rotatable bonds is 4. The second-order valence-corrected chi connectivity index (χ2v) is 6.41. The van der Waals surface area contributed by atoms with E-state index in [0.717, 1.165) is 29.7 Å². The number of nitrogens with one attached hydrogen (secondary N) is 1. The van der Waals surface area contributed by atoms with Crippen LogP contribution in [0, 0.1) is 0 Å². The molecule has 3 heterocycles. The van der Waals surface area contributed by atoms with E-state index in [2.05, 4.69) is 15.5 Å². The van der Waals surface area contributed by atoms with Crippen LogP contribution < -0.4 is 11.1 Å². The summed E-state index contributed by atoms with van der Waals surface area (Å²) >= 11 is 0. The van der Waals surface area contributed by atoms with Gasteiger partial charge in [0.15, 0.2) is 5.82 Å². The molecule has 0 aliphatic carbocycles. The maximum atomic E-state index is 12.7. The maximum absolute atomic E-state index is 12.7. The molecular weight excluding hydrogens is 350 g/mol. The van der Waals surface area contributed by atoms with E-state index in [1.807, 2.05) is 35.9 Å². The van der Waals surface area contributed by atoms with Crippen LogP contribution in [0.1, 0.15) is 41.2 Å². The predicted molar refractivity (Wildman–Crippen MR) is 94.4 cm³/mol. The first-order valence-corrected chi connectivity index (χ1v) is 8.63. The van der Waals surface area contributed by atoms with Crippen molar-refractivity contribution in [3.8, 4) is 0 Å². The highest BCUT2D eigenvalue weighted by molar-refractivity contribution is 5.87. The van der Waals surface area contributed by atoms with Gasteiger partial charge in [-0.3, -0.25) is 4.79 Å². The van der Waals surface area contributed by atoms with Crippen molar-refractivity contribution < 1.29 is 14.1 Å². The molecule has 0 unspecified atom stereocenters. The first-order chi connectivity index (χ1) is 13.0. The lowest BCUT2D eigenvalue weighted by molar-refractivity contribution is 0.0958. The molecular formula is C17H19N7O3. The molecule has 10 heteroatoms. The van der Waals surface area contributed by atoms with Gasteiger partial charge in [-0.05, 0) is 25.0 Å². The van der Waals surface area contributed by atoms with Crippen LogP contribution in [0.4, 0.5) is 4.79 Å². The van der Waals surface area contributed by atoms with Crippen molar-refractivity contribution in [1.29, 1.82) is 0 Å². The molecule has 1 fully saturated rings. The van der Waals surface area contributed by atoms with E-state index in [4.69, 9.17) is 15.2 Å². The van der Waals surface area contributed by atoms with Gasteiger partial charge in [0, 0.05) is 13.6 Å². The zero-order valence-electron chi connectivity index (χ0n) is 14.8. The fourth-order valence-corrected chi connectivity index (χ4v) is 3.42. The first-order valence-electron chi connectivity index (χ1n) is 8.63. The van der Waals surface area contributed by atoms with Gasteiger partial charge in [0.25, 0.3) is 0 Å². The summed E-state index contributed by atoms with van der Waals surface area (Å²) in [6.45, 7) is 0.680. The molecule has 4 rings (SSSR count). The van der Waals surface area contributed by atoms with Crippen LogP contribution >= 0.6 is 0 Å². The molecule has 1 aliphatic rings. The molecule has 0 saturated carbocycles. The second-order valence-electron chi connectivity index (χ2n) is 6.41. The molecule has 1 aliphatic heterocycles. The van der Waals surface area contributed by atoms with E-state index < -0.39 is 5.91 Å². The van der Waals surface area contributed by atoms with Crippen molar-refractivity contribution in [3.63, 3.8) is 0 Å². The third-order valence-corrected chi connectivity index (χ3v) is 4.71. The van der Waals surface area contributed by atoms with Crippen LogP contribution in [0.3, 0.4) is 0 Å². The molecule has 27 heavy (non-hydrogen) atoms. The summed E-state index contributed by atoms with van der Waals surface area (Å²) in [5, 5.41) is 6.38. The number of fused-ring (bicyclic) bond motifs is 1. The lowest BCUT2D eigenvalue weighted by atomic mass is 10.2. The number of hydrogen-bond acceptors (Lipinski definition) is 6. The molecule has 3 amide bonds. The molecule has 0 radical (unpaired) electrons. The number of hydrogen-bond donors (Lipinski definition) is 2. The number of carbonyl (C=O) groups excluding carboxylic acids is 2. The van der Waals surface area contributed by atoms with Gasteiger partial charge >= 0.3 is 17.8 Å². The van der Waals surface area contributed by atoms with Crippen LogP contribution in [0.5, 0.6) is 0 Å². The Hall–Kier alpha value is -3.43. The van der Waals surface area contributed by atoms with E-state index in [9.17, 15) is 9.59 Å². The lowest BCUT2D eigenvalue weighted by Crippen LogP contribution is -2.40. The van der Waals surface area contributed by atoms with E-state index in [0.29, 0.717) is 6.54 Å². The zero-order valence-corrected chi connectivity index (χ0v) is 14.8. The number of primary amides is 1. The number of imidazole rings is 1. The standard InChI is InChI=1S/C17H19N7O3/c1-23-11-6-3-2-5-10(11)20-15(23)12-7-4-8-24(12)17(26)19-9-13-21-16(14(18)25)27-22-13/h2-3,5-6,12H,4,7-9H2,1H3,(H2,18,25)(H,19,26)/t12-/m0/s1. The summed E-state index contributed by atoms with van der Waals surface area (Å²) in [6, 6.07) is 7.55. The predicted octanol–water partition coefficient (Wildman–Crippen LogP) is 1.10. The summed E-state index contributed by atoms with van der Waals surface area (Å²) in [7, 11) is 1.96. The van der Waals surface area contributed by atoms with Gasteiger partial charge in [-0.2, -0.15) is 4.98 Å². The van der Waals surface area contributed by atoms with Crippen molar-refractivity contribution in [3.05, 3.63) is 41.8 Å². The molecule has 1 saturated heterocycles. The van der Waals surface area contributed by atoms with Crippen molar-refractivity contribution >= 4 is 23.0 Å². The minimum atomic E-state index is -0.804.